The third kappa shape index (κ3) is 4.23. The number of thioether (sulfide) groups is 1. The Labute approximate surface area is 142 Å². The van der Waals surface area contributed by atoms with Gasteiger partial charge in [0.05, 0.1) is 0 Å². The lowest BCUT2D eigenvalue weighted by Crippen LogP contribution is -2.36. The molecule has 1 aliphatic heterocycles. The summed E-state index contributed by atoms with van der Waals surface area (Å²) in [5, 5.41) is 7.11. The van der Waals surface area contributed by atoms with Crippen LogP contribution in [0.4, 0.5) is 0 Å². The van der Waals surface area contributed by atoms with E-state index in [-0.39, 0.29) is 0 Å². The minimum atomic E-state index is 0.585. The molecule has 124 valence electrons. The van der Waals surface area contributed by atoms with Crippen molar-refractivity contribution in [1.29, 1.82) is 0 Å². The van der Waals surface area contributed by atoms with Crippen LogP contribution < -0.4 is 11.1 Å². The van der Waals surface area contributed by atoms with Gasteiger partial charge in [-0.1, -0.05) is 12.1 Å². The third-order valence-corrected chi connectivity index (χ3v) is 5.44. The number of rotatable bonds is 5. The van der Waals surface area contributed by atoms with Crippen LogP contribution in [0.15, 0.2) is 35.5 Å². The van der Waals surface area contributed by atoms with E-state index in [4.69, 9.17) is 5.73 Å². The second-order valence-electron chi connectivity index (χ2n) is 6.19. The van der Waals surface area contributed by atoms with Crippen molar-refractivity contribution in [3.05, 3.63) is 36.0 Å². The first-order valence-electron chi connectivity index (χ1n) is 8.43. The summed E-state index contributed by atoms with van der Waals surface area (Å²) in [6.07, 6.45) is 3.13. The first kappa shape index (κ1) is 16.7. The van der Waals surface area contributed by atoms with Crippen molar-refractivity contribution < 1.29 is 0 Å². The smallest absolute Gasteiger partial charge is 0.104 e. The van der Waals surface area contributed by atoms with E-state index in [1.54, 1.807) is 11.8 Å². The summed E-state index contributed by atoms with van der Waals surface area (Å²) in [5.74, 6) is 0.909. The summed E-state index contributed by atoms with van der Waals surface area (Å²) in [5.41, 5.74) is 7.00. The number of aromatic nitrogens is 1. The lowest BCUT2D eigenvalue weighted by atomic mass is 10.1. The molecule has 0 bridgehead atoms. The number of nitrogens with one attached hydrogen (secondary N) is 1. The van der Waals surface area contributed by atoms with Crippen LogP contribution in [-0.4, -0.2) is 47.9 Å². The van der Waals surface area contributed by atoms with Gasteiger partial charge >= 0.3 is 0 Å². The highest BCUT2D eigenvalue weighted by Crippen LogP contribution is 2.26. The molecule has 0 amide bonds. The molecule has 0 aliphatic carbocycles. The van der Waals surface area contributed by atoms with Crippen LogP contribution >= 0.6 is 11.8 Å². The maximum absolute atomic E-state index is 5.62. The van der Waals surface area contributed by atoms with Gasteiger partial charge in [0.2, 0.25) is 0 Å². The Morgan fingerprint density at radius 1 is 1.39 bits per heavy atom. The normalized spacial score (nSPS) is 19.8. The topological polar surface area (TPSA) is 54.2 Å². The molecule has 1 fully saturated rings. The van der Waals surface area contributed by atoms with E-state index in [0.29, 0.717) is 12.6 Å². The summed E-state index contributed by atoms with van der Waals surface area (Å²) in [7, 11) is 0. The largest absolute Gasteiger partial charge is 0.330 e. The average molecular weight is 331 g/mol. The second kappa shape index (κ2) is 8.11. The molecule has 0 unspecified atom stereocenters. The Kier molecular flexibility index (Phi) is 5.89. The number of nitrogens with zero attached hydrogens (tertiary/aromatic N) is 2. The van der Waals surface area contributed by atoms with Gasteiger partial charge in [-0.3, -0.25) is 4.90 Å². The van der Waals surface area contributed by atoms with Crippen LogP contribution in [0.3, 0.4) is 0 Å². The summed E-state index contributed by atoms with van der Waals surface area (Å²) >= 11 is 1.74. The number of pyridine rings is 1. The third-order valence-electron chi connectivity index (χ3n) is 4.40. The van der Waals surface area contributed by atoms with Gasteiger partial charge in [-0.25, -0.2) is 4.98 Å². The lowest BCUT2D eigenvalue weighted by Gasteiger charge is -2.26. The zero-order valence-electron chi connectivity index (χ0n) is 13.8. The van der Waals surface area contributed by atoms with Crippen molar-refractivity contribution in [3.63, 3.8) is 0 Å². The average Bonchev–Trinajstić information content (AvgIpc) is 2.77. The van der Waals surface area contributed by atoms with Crippen LogP contribution in [0.1, 0.15) is 18.9 Å². The highest BCUT2D eigenvalue weighted by molar-refractivity contribution is 7.99. The van der Waals surface area contributed by atoms with Crippen LogP contribution in [0.25, 0.3) is 10.8 Å². The summed E-state index contributed by atoms with van der Waals surface area (Å²) in [6, 6.07) is 9.48. The molecule has 1 aliphatic rings. The molecule has 2 heterocycles. The zero-order chi connectivity index (χ0) is 16.1. The molecule has 3 N–H and O–H groups in total. The fourth-order valence-electron chi connectivity index (χ4n) is 3.11. The van der Waals surface area contributed by atoms with Gasteiger partial charge in [0.15, 0.2) is 0 Å². The summed E-state index contributed by atoms with van der Waals surface area (Å²) in [6.45, 7) is 7.39. The maximum atomic E-state index is 5.62. The Balaban J connectivity index is 1.79. The van der Waals surface area contributed by atoms with Gasteiger partial charge in [-0.2, -0.15) is 0 Å². The van der Waals surface area contributed by atoms with Crippen molar-refractivity contribution >= 4 is 22.5 Å². The van der Waals surface area contributed by atoms with Crippen LogP contribution in [-0.2, 0) is 6.54 Å². The standard InChI is InChI=1S/C18H26N4S/c1-14-12-20-7-2-9-22(14)13-15-3-4-17-16(11-15)5-8-21-18(17)23-10-6-19/h3-5,8,11,14,20H,2,6-7,9-10,12-13,19H2,1H3/t14-/m0/s1. The van der Waals surface area contributed by atoms with Crippen LogP contribution in [0.2, 0.25) is 0 Å². The molecule has 4 nitrogen and oxygen atoms in total. The lowest BCUT2D eigenvalue weighted by molar-refractivity contribution is 0.214. The molecule has 1 aromatic heterocycles. The van der Waals surface area contributed by atoms with Crippen molar-refractivity contribution in [3.8, 4) is 0 Å². The van der Waals surface area contributed by atoms with Crippen molar-refractivity contribution in [1.82, 2.24) is 15.2 Å². The van der Waals surface area contributed by atoms with E-state index >= 15 is 0 Å². The first-order chi connectivity index (χ1) is 11.3. The van der Waals surface area contributed by atoms with Crippen LogP contribution in [0, 0.1) is 0 Å². The summed E-state index contributed by atoms with van der Waals surface area (Å²) in [4.78, 5) is 7.08. The van der Waals surface area contributed by atoms with Crippen molar-refractivity contribution in [2.45, 2.75) is 31.0 Å². The molecule has 23 heavy (non-hydrogen) atoms. The Morgan fingerprint density at radius 2 is 2.30 bits per heavy atom. The SMILES string of the molecule is C[C@H]1CNCCCN1Cc1ccc2c(SCCN)nccc2c1. The van der Waals surface area contributed by atoms with Gasteiger partial charge in [-0.15, -0.1) is 11.8 Å². The van der Waals surface area contributed by atoms with E-state index in [2.05, 4.69) is 46.4 Å². The Hall–Kier alpha value is -1.14. The van der Waals surface area contributed by atoms with Gasteiger partial charge in [0, 0.05) is 49.6 Å². The monoisotopic (exact) mass is 330 g/mol. The van der Waals surface area contributed by atoms with Gasteiger partial charge in [0.1, 0.15) is 5.03 Å². The predicted octanol–water partition coefficient (Wildman–Crippen LogP) is 2.47. The van der Waals surface area contributed by atoms with Crippen molar-refractivity contribution in [2.75, 3.05) is 31.9 Å². The van der Waals surface area contributed by atoms with Crippen LogP contribution in [0.5, 0.6) is 0 Å². The molecule has 3 rings (SSSR count). The number of hydrogen-bond donors (Lipinski definition) is 2. The number of benzene rings is 1. The molecule has 0 spiro atoms. The predicted molar refractivity (Wildman–Crippen MR) is 98.9 cm³/mol. The number of fused-ring (bicyclic) bond motifs is 1. The fraction of sp³-hybridized carbons (Fsp3) is 0.500. The molecule has 2 aromatic rings. The number of nitrogens with two attached hydrogens (primary N) is 1. The fourth-order valence-corrected chi connectivity index (χ4v) is 3.89. The quantitative estimate of drug-likeness (QED) is 0.825. The van der Waals surface area contributed by atoms with Gasteiger partial charge < -0.3 is 11.1 Å². The van der Waals surface area contributed by atoms with E-state index in [0.717, 1.165) is 30.4 Å². The van der Waals surface area contributed by atoms with Gasteiger partial charge in [0.25, 0.3) is 0 Å². The molecular formula is C18H26N4S. The Bertz CT molecular complexity index is 646. The molecule has 1 saturated heterocycles. The molecular weight excluding hydrogens is 304 g/mol. The van der Waals surface area contributed by atoms with E-state index in [9.17, 15) is 0 Å². The highest BCUT2D eigenvalue weighted by atomic mass is 32.2. The maximum Gasteiger partial charge on any atom is 0.104 e. The number of hydrogen-bond acceptors (Lipinski definition) is 5. The van der Waals surface area contributed by atoms with Gasteiger partial charge in [-0.05, 0) is 43.0 Å². The van der Waals surface area contributed by atoms with E-state index in [1.165, 1.54) is 29.3 Å². The van der Waals surface area contributed by atoms with E-state index < -0.39 is 0 Å². The minimum absolute atomic E-state index is 0.585. The zero-order valence-corrected chi connectivity index (χ0v) is 14.6. The molecule has 0 radical (unpaired) electrons. The second-order valence-corrected chi connectivity index (χ2v) is 7.27. The molecule has 0 saturated carbocycles. The van der Waals surface area contributed by atoms with E-state index in [1.807, 2.05) is 6.20 Å². The molecule has 5 heteroatoms. The molecule has 1 aromatic carbocycles. The highest BCUT2D eigenvalue weighted by Gasteiger charge is 2.16. The first-order valence-corrected chi connectivity index (χ1v) is 9.42. The Morgan fingerprint density at radius 3 is 3.17 bits per heavy atom. The van der Waals surface area contributed by atoms with Crippen molar-refractivity contribution in [2.24, 2.45) is 5.73 Å². The molecule has 1 atom stereocenters. The minimum Gasteiger partial charge on any atom is -0.330 e. The summed E-state index contributed by atoms with van der Waals surface area (Å²) < 4.78 is 0.